The van der Waals surface area contributed by atoms with Crippen LogP contribution >= 0.6 is 11.6 Å². The highest BCUT2D eigenvalue weighted by molar-refractivity contribution is 6.30. The molecule has 0 aliphatic carbocycles. The molecule has 1 aliphatic heterocycles. The zero-order valence-electron chi connectivity index (χ0n) is 9.66. The number of hydrogen-bond donors (Lipinski definition) is 1. The van der Waals surface area contributed by atoms with Gasteiger partial charge in [0.25, 0.3) is 0 Å². The van der Waals surface area contributed by atoms with Gasteiger partial charge in [0.2, 0.25) is 0 Å². The summed E-state index contributed by atoms with van der Waals surface area (Å²) in [5, 5.41) is 4.08. The van der Waals surface area contributed by atoms with Gasteiger partial charge in [-0.25, -0.2) is 4.98 Å². The average Bonchev–Trinajstić information content (AvgIpc) is 2.20. The molecule has 0 amide bonds. The number of rotatable bonds is 2. The van der Waals surface area contributed by atoms with Gasteiger partial charge < -0.3 is 10.1 Å². The summed E-state index contributed by atoms with van der Waals surface area (Å²) >= 11 is 5.79. The van der Waals surface area contributed by atoms with E-state index in [-0.39, 0.29) is 5.60 Å². The highest BCUT2D eigenvalue weighted by atomic mass is 35.5. The van der Waals surface area contributed by atoms with E-state index in [9.17, 15) is 0 Å². The van der Waals surface area contributed by atoms with Gasteiger partial charge in [0.05, 0.1) is 10.6 Å². The van der Waals surface area contributed by atoms with Crippen molar-refractivity contribution in [3.8, 4) is 0 Å². The second-order valence-electron chi connectivity index (χ2n) is 4.80. The molecule has 0 aromatic carbocycles. The van der Waals surface area contributed by atoms with E-state index in [0.29, 0.717) is 11.1 Å². The lowest BCUT2D eigenvalue weighted by molar-refractivity contribution is -0.0553. The molecule has 1 saturated heterocycles. The van der Waals surface area contributed by atoms with Crippen LogP contribution < -0.4 is 5.32 Å². The molecule has 2 rings (SSSR count). The fraction of sp³-hybridized carbons (Fsp3) is 0.583. The summed E-state index contributed by atoms with van der Waals surface area (Å²) in [7, 11) is 0. The van der Waals surface area contributed by atoms with Gasteiger partial charge in [-0.3, -0.25) is 0 Å². The zero-order chi connectivity index (χ0) is 11.6. The maximum atomic E-state index is 5.79. The first-order valence-electron chi connectivity index (χ1n) is 5.57. The van der Waals surface area contributed by atoms with Crippen molar-refractivity contribution in [3.63, 3.8) is 0 Å². The van der Waals surface area contributed by atoms with Crippen LogP contribution in [0.5, 0.6) is 0 Å². The summed E-state index contributed by atoms with van der Waals surface area (Å²) in [6.07, 6.45) is 3.68. The van der Waals surface area contributed by atoms with Gasteiger partial charge in [-0.15, -0.1) is 0 Å². The van der Waals surface area contributed by atoms with E-state index in [2.05, 4.69) is 24.1 Å². The first kappa shape index (κ1) is 11.7. The van der Waals surface area contributed by atoms with Gasteiger partial charge >= 0.3 is 0 Å². The van der Waals surface area contributed by atoms with Gasteiger partial charge in [0, 0.05) is 18.8 Å². The normalized spacial score (nSPS) is 24.1. The summed E-state index contributed by atoms with van der Waals surface area (Å²) in [5.41, 5.74) is -0.0393. The number of anilines is 1. The largest absolute Gasteiger partial charge is 0.375 e. The molecule has 1 N–H and O–H groups in total. The Labute approximate surface area is 101 Å². The van der Waals surface area contributed by atoms with Gasteiger partial charge in [-0.05, 0) is 38.8 Å². The molecular formula is C12H17ClN2O. The molecule has 0 saturated carbocycles. The molecule has 1 atom stereocenters. The molecule has 1 aromatic rings. The molecule has 88 valence electrons. The van der Waals surface area contributed by atoms with E-state index >= 15 is 0 Å². The van der Waals surface area contributed by atoms with Gasteiger partial charge in [0.15, 0.2) is 0 Å². The molecule has 0 radical (unpaired) electrons. The summed E-state index contributed by atoms with van der Waals surface area (Å²) in [6, 6.07) is 4.18. The molecule has 4 heteroatoms. The molecule has 1 unspecified atom stereocenters. The van der Waals surface area contributed by atoms with E-state index in [0.717, 1.165) is 25.3 Å². The van der Waals surface area contributed by atoms with Crippen molar-refractivity contribution in [3.05, 3.63) is 23.4 Å². The maximum absolute atomic E-state index is 5.79. The van der Waals surface area contributed by atoms with Crippen molar-refractivity contribution in [1.82, 2.24) is 4.98 Å². The average molecular weight is 241 g/mol. The van der Waals surface area contributed by atoms with E-state index < -0.39 is 0 Å². The monoisotopic (exact) mass is 240 g/mol. The number of ether oxygens (including phenoxy) is 1. The van der Waals surface area contributed by atoms with Crippen LogP contribution in [0.2, 0.25) is 5.02 Å². The highest BCUT2D eigenvalue weighted by Gasteiger charge is 2.28. The molecule has 1 aromatic heterocycles. The van der Waals surface area contributed by atoms with Crippen molar-refractivity contribution in [2.45, 2.75) is 38.3 Å². The Hall–Kier alpha value is -0.800. The standard InChI is InChI=1S/C12H17ClN2O/c1-12(2)7-10(5-6-16-12)15-11-4-3-9(13)8-14-11/h3-4,8,10H,5-7H2,1-2H3,(H,14,15). The Kier molecular flexibility index (Phi) is 3.36. The molecule has 1 aliphatic rings. The number of aromatic nitrogens is 1. The fourth-order valence-corrected chi connectivity index (χ4v) is 2.14. The van der Waals surface area contributed by atoms with Crippen LogP contribution in [0.3, 0.4) is 0 Å². The number of halogens is 1. The first-order valence-corrected chi connectivity index (χ1v) is 5.95. The van der Waals surface area contributed by atoms with Crippen molar-refractivity contribution in [1.29, 1.82) is 0 Å². The van der Waals surface area contributed by atoms with Crippen LogP contribution in [-0.2, 0) is 4.74 Å². The number of nitrogens with zero attached hydrogens (tertiary/aromatic N) is 1. The number of nitrogens with one attached hydrogen (secondary N) is 1. The summed E-state index contributed by atoms with van der Waals surface area (Å²) in [6.45, 7) is 5.05. The third-order valence-corrected chi connectivity index (χ3v) is 3.00. The van der Waals surface area contributed by atoms with Crippen LogP contribution in [0.25, 0.3) is 0 Å². The smallest absolute Gasteiger partial charge is 0.126 e. The number of pyridine rings is 1. The summed E-state index contributed by atoms with van der Waals surface area (Å²) in [5.74, 6) is 0.882. The Bertz CT molecular complexity index is 351. The van der Waals surface area contributed by atoms with Crippen molar-refractivity contribution in [2.24, 2.45) is 0 Å². The molecule has 3 nitrogen and oxygen atoms in total. The Balaban J connectivity index is 1.97. The molecular weight excluding hydrogens is 224 g/mol. The van der Waals surface area contributed by atoms with E-state index in [1.54, 1.807) is 6.20 Å². The lowest BCUT2D eigenvalue weighted by Gasteiger charge is -2.36. The van der Waals surface area contributed by atoms with Gasteiger partial charge in [0.1, 0.15) is 5.82 Å². The summed E-state index contributed by atoms with van der Waals surface area (Å²) in [4.78, 5) is 4.24. The van der Waals surface area contributed by atoms with Crippen molar-refractivity contribution in [2.75, 3.05) is 11.9 Å². The first-order chi connectivity index (χ1) is 7.55. The molecule has 0 spiro atoms. The Morgan fingerprint density at radius 1 is 1.50 bits per heavy atom. The minimum atomic E-state index is -0.0393. The minimum absolute atomic E-state index is 0.0393. The van der Waals surface area contributed by atoms with E-state index in [1.807, 2.05) is 12.1 Å². The van der Waals surface area contributed by atoms with E-state index in [1.165, 1.54) is 0 Å². The Morgan fingerprint density at radius 2 is 2.31 bits per heavy atom. The van der Waals surface area contributed by atoms with Gasteiger partial charge in [-0.1, -0.05) is 11.6 Å². The van der Waals surface area contributed by atoms with Crippen molar-refractivity contribution >= 4 is 17.4 Å². The quantitative estimate of drug-likeness (QED) is 0.863. The van der Waals surface area contributed by atoms with Crippen molar-refractivity contribution < 1.29 is 4.74 Å². The summed E-state index contributed by atoms with van der Waals surface area (Å²) < 4.78 is 5.67. The molecule has 1 fully saturated rings. The van der Waals surface area contributed by atoms with Crippen LogP contribution in [-0.4, -0.2) is 23.2 Å². The minimum Gasteiger partial charge on any atom is -0.375 e. The Morgan fingerprint density at radius 3 is 2.94 bits per heavy atom. The third-order valence-electron chi connectivity index (χ3n) is 2.78. The second-order valence-corrected chi connectivity index (χ2v) is 5.24. The number of hydrogen-bond acceptors (Lipinski definition) is 3. The molecule has 16 heavy (non-hydrogen) atoms. The molecule has 0 bridgehead atoms. The van der Waals surface area contributed by atoms with Crippen LogP contribution in [0.4, 0.5) is 5.82 Å². The predicted molar refractivity (Wildman–Crippen MR) is 65.9 cm³/mol. The lowest BCUT2D eigenvalue weighted by Crippen LogP contribution is -2.40. The van der Waals surface area contributed by atoms with Gasteiger partial charge in [-0.2, -0.15) is 0 Å². The SMILES string of the molecule is CC1(C)CC(Nc2ccc(Cl)cn2)CCO1. The fourth-order valence-electron chi connectivity index (χ4n) is 2.03. The second kappa shape index (κ2) is 4.60. The third kappa shape index (κ3) is 3.09. The maximum Gasteiger partial charge on any atom is 0.126 e. The van der Waals surface area contributed by atoms with Crippen LogP contribution in [0, 0.1) is 0 Å². The van der Waals surface area contributed by atoms with Crippen LogP contribution in [0.1, 0.15) is 26.7 Å². The van der Waals surface area contributed by atoms with Crippen LogP contribution in [0.15, 0.2) is 18.3 Å². The molecule has 2 heterocycles. The van der Waals surface area contributed by atoms with E-state index in [4.69, 9.17) is 16.3 Å². The zero-order valence-corrected chi connectivity index (χ0v) is 10.4. The topological polar surface area (TPSA) is 34.2 Å². The lowest BCUT2D eigenvalue weighted by atomic mass is 9.94. The predicted octanol–water partition coefficient (Wildman–Crippen LogP) is 3.10. The highest BCUT2D eigenvalue weighted by Crippen LogP contribution is 2.26.